The van der Waals surface area contributed by atoms with Gasteiger partial charge in [-0.25, -0.2) is 13.2 Å². The van der Waals surface area contributed by atoms with Gasteiger partial charge in [0.1, 0.15) is 0 Å². The standard InChI is InChI=1S/C13H18N2O5S/c1-9(2)15(6-7-16)21(18,19)10-4-5-11-12(8-10)20-13(17)14(11)3/h4-5,8-9,16H,6-7H2,1-3H3. The number of nitrogens with zero attached hydrogens (tertiary/aromatic N) is 2. The largest absolute Gasteiger partial charge is 0.419 e. The van der Waals surface area contributed by atoms with Gasteiger partial charge in [-0.2, -0.15) is 4.31 Å². The van der Waals surface area contributed by atoms with Crippen molar-refractivity contribution in [2.75, 3.05) is 13.2 Å². The molecule has 2 rings (SSSR count). The number of hydrogen-bond acceptors (Lipinski definition) is 5. The van der Waals surface area contributed by atoms with E-state index in [1.54, 1.807) is 20.9 Å². The monoisotopic (exact) mass is 314 g/mol. The zero-order chi connectivity index (χ0) is 15.8. The smallest absolute Gasteiger partial charge is 0.408 e. The molecule has 0 spiro atoms. The van der Waals surface area contributed by atoms with E-state index in [0.29, 0.717) is 5.52 Å². The summed E-state index contributed by atoms with van der Waals surface area (Å²) in [7, 11) is -2.21. The highest BCUT2D eigenvalue weighted by molar-refractivity contribution is 7.89. The predicted octanol–water partition coefficient (Wildman–Crippen LogP) is 0.523. The minimum absolute atomic E-state index is 0.0107. The summed E-state index contributed by atoms with van der Waals surface area (Å²) in [5.74, 6) is -0.546. The Hall–Kier alpha value is -1.64. The van der Waals surface area contributed by atoms with Crippen LogP contribution in [0.5, 0.6) is 0 Å². The second-order valence-corrected chi connectivity index (χ2v) is 6.88. The lowest BCUT2D eigenvalue weighted by molar-refractivity contribution is 0.236. The first-order valence-electron chi connectivity index (χ1n) is 6.51. The Labute approximate surface area is 122 Å². The molecule has 0 saturated carbocycles. The molecule has 0 radical (unpaired) electrons. The zero-order valence-electron chi connectivity index (χ0n) is 12.1. The first-order valence-corrected chi connectivity index (χ1v) is 7.95. The van der Waals surface area contributed by atoms with Gasteiger partial charge in [-0.15, -0.1) is 0 Å². The van der Waals surface area contributed by atoms with Gasteiger partial charge >= 0.3 is 5.76 Å². The van der Waals surface area contributed by atoms with Crippen molar-refractivity contribution in [3.05, 3.63) is 28.7 Å². The van der Waals surface area contributed by atoms with Crippen LogP contribution in [0.2, 0.25) is 0 Å². The predicted molar refractivity (Wildman–Crippen MR) is 77.6 cm³/mol. The first-order chi connectivity index (χ1) is 9.78. The van der Waals surface area contributed by atoms with Gasteiger partial charge in [0.05, 0.1) is 17.0 Å². The summed E-state index contributed by atoms with van der Waals surface area (Å²) in [5.41, 5.74) is 0.744. The van der Waals surface area contributed by atoms with Crippen molar-refractivity contribution < 1.29 is 17.9 Å². The molecule has 1 aromatic heterocycles. The van der Waals surface area contributed by atoms with Crippen molar-refractivity contribution in [3.8, 4) is 0 Å². The van der Waals surface area contributed by atoms with Crippen LogP contribution in [0.3, 0.4) is 0 Å². The van der Waals surface area contributed by atoms with E-state index in [-0.39, 0.29) is 29.7 Å². The highest BCUT2D eigenvalue weighted by Crippen LogP contribution is 2.22. The average molecular weight is 314 g/mol. The molecule has 0 atom stereocenters. The Kier molecular flexibility index (Phi) is 4.22. The van der Waals surface area contributed by atoms with Gasteiger partial charge in [0.15, 0.2) is 5.58 Å². The van der Waals surface area contributed by atoms with E-state index >= 15 is 0 Å². The maximum Gasteiger partial charge on any atom is 0.419 e. The molecule has 0 bridgehead atoms. The molecule has 1 N–H and O–H groups in total. The number of aliphatic hydroxyl groups is 1. The lowest BCUT2D eigenvalue weighted by Crippen LogP contribution is -2.38. The van der Waals surface area contributed by atoms with E-state index in [9.17, 15) is 13.2 Å². The number of benzene rings is 1. The maximum atomic E-state index is 12.6. The van der Waals surface area contributed by atoms with Crippen LogP contribution < -0.4 is 5.76 Å². The number of fused-ring (bicyclic) bond motifs is 1. The minimum Gasteiger partial charge on any atom is -0.408 e. The van der Waals surface area contributed by atoms with Crippen molar-refractivity contribution in [2.24, 2.45) is 7.05 Å². The van der Waals surface area contributed by atoms with Gasteiger partial charge < -0.3 is 9.52 Å². The third kappa shape index (κ3) is 2.74. The fourth-order valence-corrected chi connectivity index (χ4v) is 3.81. The third-order valence-electron chi connectivity index (χ3n) is 3.27. The lowest BCUT2D eigenvalue weighted by atomic mass is 10.3. The van der Waals surface area contributed by atoms with E-state index in [1.807, 2.05) is 0 Å². The normalized spacial score (nSPS) is 12.7. The summed E-state index contributed by atoms with van der Waals surface area (Å²) in [5, 5.41) is 9.04. The Morgan fingerprint density at radius 3 is 2.62 bits per heavy atom. The first kappa shape index (κ1) is 15.7. The fraction of sp³-hybridized carbons (Fsp3) is 0.462. The molecule has 0 fully saturated rings. The van der Waals surface area contributed by atoms with Crippen molar-refractivity contribution in [2.45, 2.75) is 24.8 Å². The van der Waals surface area contributed by atoms with Gasteiger partial charge in [0.25, 0.3) is 0 Å². The Morgan fingerprint density at radius 2 is 2.05 bits per heavy atom. The highest BCUT2D eigenvalue weighted by atomic mass is 32.2. The Morgan fingerprint density at radius 1 is 1.38 bits per heavy atom. The molecule has 0 aliphatic rings. The van der Waals surface area contributed by atoms with Gasteiger partial charge in [0.2, 0.25) is 10.0 Å². The highest BCUT2D eigenvalue weighted by Gasteiger charge is 2.27. The van der Waals surface area contributed by atoms with Gasteiger partial charge in [-0.1, -0.05) is 0 Å². The summed E-state index contributed by atoms with van der Waals surface area (Å²) >= 11 is 0. The van der Waals surface area contributed by atoms with Crippen molar-refractivity contribution >= 4 is 21.1 Å². The molecule has 7 nitrogen and oxygen atoms in total. The van der Waals surface area contributed by atoms with Gasteiger partial charge in [-0.05, 0) is 26.0 Å². The number of hydrogen-bond donors (Lipinski definition) is 1. The zero-order valence-corrected chi connectivity index (χ0v) is 12.9. The molecular formula is C13H18N2O5S. The van der Waals surface area contributed by atoms with Crippen LogP contribution in [0, 0.1) is 0 Å². The quantitative estimate of drug-likeness (QED) is 0.868. The Balaban J connectivity index is 2.56. The molecule has 2 aromatic rings. The second kappa shape index (κ2) is 5.63. The van der Waals surface area contributed by atoms with Gasteiger partial charge in [-0.3, -0.25) is 4.57 Å². The summed E-state index contributed by atoms with van der Waals surface area (Å²) in [6, 6.07) is 4.00. The summed E-state index contributed by atoms with van der Waals surface area (Å²) in [6.45, 7) is 3.21. The van der Waals surface area contributed by atoms with Crippen molar-refractivity contribution in [1.29, 1.82) is 0 Å². The summed E-state index contributed by atoms with van der Waals surface area (Å²) in [4.78, 5) is 11.5. The fourth-order valence-electron chi connectivity index (χ4n) is 2.16. The molecule has 8 heteroatoms. The maximum absolute atomic E-state index is 12.6. The number of rotatable bonds is 5. The average Bonchev–Trinajstić information content (AvgIpc) is 2.70. The number of sulfonamides is 1. The van der Waals surface area contributed by atoms with E-state index in [1.165, 1.54) is 27.1 Å². The van der Waals surface area contributed by atoms with Crippen LogP contribution in [0.4, 0.5) is 0 Å². The van der Waals surface area contributed by atoms with E-state index < -0.39 is 15.8 Å². The third-order valence-corrected chi connectivity index (χ3v) is 5.34. The van der Waals surface area contributed by atoms with Crippen molar-refractivity contribution in [3.63, 3.8) is 0 Å². The molecule has 0 unspecified atom stereocenters. The number of aromatic nitrogens is 1. The minimum atomic E-state index is -3.76. The molecule has 0 amide bonds. The molecule has 0 aliphatic heterocycles. The lowest BCUT2D eigenvalue weighted by Gasteiger charge is -2.24. The van der Waals surface area contributed by atoms with E-state index in [4.69, 9.17) is 9.52 Å². The van der Waals surface area contributed by atoms with Crippen LogP contribution in [0.15, 0.2) is 32.3 Å². The molecule has 1 heterocycles. The molecular weight excluding hydrogens is 296 g/mol. The SMILES string of the molecule is CC(C)N(CCO)S(=O)(=O)c1ccc2c(c1)oc(=O)n2C. The number of oxazole rings is 1. The van der Waals surface area contributed by atoms with E-state index in [0.717, 1.165) is 0 Å². The van der Waals surface area contributed by atoms with Crippen LogP contribution >= 0.6 is 0 Å². The molecule has 21 heavy (non-hydrogen) atoms. The Bertz CT molecular complexity index is 804. The molecule has 0 saturated heterocycles. The molecule has 0 aliphatic carbocycles. The van der Waals surface area contributed by atoms with Crippen LogP contribution in [-0.2, 0) is 17.1 Å². The second-order valence-electron chi connectivity index (χ2n) is 4.99. The summed E-state index contributed by atoms with van der Waals surface area (Å²) in [6.07, 6.45) is 0. The van der Waals surface area contributed by atoms with Crippen LogP contribution in [-0.4, -0.2) is 41.6 Å². The molecule has 116 valence electrons. The van der Waals surface area contributed by atoms with E-state index in [2.05, 4.69) is 0 Å². The van der Waals surface area contributed by atoms with Crippen molar-refractivity contribution in [1.82, 2.24) is 8.87 Å². The topological polar surface area (TPSA) is 92.8 Å². The summed E-state index contributed by atoms with van der Waals surface area (Å²) < 4.78 is 32.7. The van der Waals surface area contributed by atoms with Gasteiger partial charge in [0, 0.05) is 25.7 Å². The molecule has 1 aromatic carbocycles. The number of aryl methyl sites for hydroxylation is 1. The van der Waals surface area contributed by atoms with Crippen LogP contribution in [0.25, 0.3) is 11.1 Å². The number of aliphatic hydroxyl groups excluding tert-OH is 1. The van der Waals surface area contributed by atoms with Crippen LogP contribution in [0.1, 0.15) is 13.8 Å².